The van der Waals surface area contributed by atoms with Gasteiger partial charge in [-0.25, -0.2) is 8.42 Å². The smallest absolute Gasteiger partial charge is 0.295 e. The van der Waals surface area contributed by atoms with Crippen LogP contribution < -0.4 is 4.90 Å². The Hall–Kier alpha value is -3.38. The van der Waals surface area contributed by atoms with E-state index < -0.39 is 27.5 Å². The zero-order valence-electron chi connectivity index (χ0n) is 17.3. The Morgan fingerprint density at radius 1 is 0.903 bits per heavy atom. The van der Waals surface area contributed by atoms with E-state index in [2.05, 4.69) is 0 Å². The summed E-state index contributed by atoms with van der Waals surface area (Å²) in [4.78, 5) is 14.2. The van der Waals surface area contributed by atoms with Crippen LogP contribution in [-0.4, -0.2) is 19.4 Å². The van der Waals surface area contributed by atoms with Crippen LogP contribution in [-0.2, 0) is 21.1 Å². The summed E-state index contributed by atoms with van der Waals surface area (Å²) in [6, 6.07) is 21.6. The van der Waals surface area contributed by atoms with Crippen molar-refractivity contribution in [3.63, 3.8) is 0 Å². The number of carbonyl (C=O) groups is 1. The van der Waals surface area contributed by atoms with Crippen LogP contribution >= 0.6 is 0 Å². The molecule has 4 rings (SSSR count). The van der Waals surface area contributed by atoms with Crippen LogP contribution in [0.5, 0.6) is 0 Å². The molecule has 0 aliphatic carbocycles. The van der Waals surface area contributed by atoms with E-state index in [-0.39, 0.29) is 9.80 Å². The highest BCUT2D eigenvalue weighted by molar-refractivity contribution is 7.95. The van der Waals surface area contributed by atoms with Crippen LogP contribution in [0.3, 0.4) is 0 Å². The van der Waals surface area contributed by atoms with Crippen LogP contribution in [0, 0.1) is 6.92 Å². The molecule has 0 unspecified atom stereocenters. The van der Waals surface area contributed by atoms with E-state index in [0.29, 0.717) is 11.3 Å². The normalized spacial score (nSPS) is 16.8. The van der Waals surface area contributed by atoms with Gasteiger partial charge in [0.25, 0.3) is 5.91 Å². The fraction of sp³-hybridized carbons (Fsp3) is 0.160. The van der Waals surface area contributed by atoms with Gasteiger partial charge in [0.15, 0.2) is 5.76 Å². The largest absolute Gasteiger partial charge is 0.502 e. The van der Waals surface area contributed by atoms with E-state index in [1.165, 1.54) is 17.0 Å². The molecule has 1 heterocycles. The summed E-state index contributed by atoms with van der Waals surface area (Å²) < 4.78 is 27.0. The molecule has 1 atom stereocenters. The Morgan fingerprint density at radius 2 is 1.52 bits per heavy atom. The van der Waals surface area contributed by atoms with Gasteiger partial charge < -0.3 is 5.11 Å². The number of amides is 1. The number of carbonyl (C=O) groups excluding carboxylic acids is 1. The summed E-state index contributed by atoms with van der Waals surface area (Å²) in [5.41, 5.74) is 3.24. The minimum atomic E-state index is -4.11. The molecule has 0 spiro atoms. The first-order valence-electron chi connectivity index (χ1n) is 10.1. The van der Waals surface area contributed by atoms with E-state index >= 15 is 0 Å². The standard InChI is InChI=1S/C25H23NO4S/c1-3-18-11-15-20(16-12-18)26-22(19-13-9-17(2)10-14-19)24(23(27)25(26)28)31(29,30)21-7-5-4-6-8-21/h4-16,22,27H,3H2,1-2H3/t22-/m0/s1. The first kappa shape index (κ1) is 20.9. The molecule has 0 aromatic heterocycles. The zero-order chi connectivity index (χ0) is 22.2. The second kappa shape index (κ2) is 8.04. The Morgan fingerprint density at radius 3 is 2.10 bits per heavy atom. The van der Waals surface area contributed by atoms with E-state index in [1.807, 2.05) is 38.1 Å². The molecule has 0 radical (unpaired) electrons. The molecule has 0 saturated heterocycles. The van der Waals surface area contributed by atoms with Crippen molar-refractivity contribution in [1.29, 1.82) is 0 Å². The van der Waals surface area contributed by atoms with Gasteiger partial charge in [0.1, 0.15) is 10.9 Å². The zero-order valence-corrected chi connectivity index (χ0v) is 18.1. The summed E-state index contributed by atoms with van der Waals surface area (Å²) in [5.74, 6) is -1.47. The van der Waals surface area contributed by atoms with Gasteiger partial charge in [-0.2, -0.15) is 0 Å². The highest BCUT2D eigenvalue weighted by Crippen LogP contribution is 2.44. The highest BCUT2D eigenvalue weighted by Gasteiger charge is 2.47. The maximum atomic E-state index is 13.5. The van der Waals surface area contributed by atoms with Crippen LogP contribution in [0.1, 0.15) is 29.7 Å². The van der Waals surface area contributed by atoms with Crippen molar-refractivity contribution >= 4 is 21.4 Å². The average molecular weight is 434 g/mol. The molecule has 5 nitrogen and oxygen atoms in total. The predicted octanol–water partition coefficient (Wildman–Crippen LogP) is 4.89. The lowest BCUT2D eigenvalue weighted by atomic mass is 10.0. The number of aryl methyl sites for hydroxylation is 2. The molecular formula is C25H23NO4S. The van der Waals surface area contributed by atoms with Crippen molar-refractivity contribution in [3.05, 3.63) is 106 Å². The van der Waals surface area contributed by atoms with Crippen LogP contribution in [0.4, 0.5) is 5.69 Å². The molecule has 0 fully saturated rings. The molecule has 3 aromatic rings. The van der Waals surface area contributed by atoms with Crippen molar-refractivity contribution in [3.8, 4) is 0 Å². The van der Waals surface area contributed by atoms with Crippen molar-refractivity contribution in [1.82, 2.24) is 0 Å². The number of rotatable bonds is 5. The molecule has 3 aromatic carbocycles. The fourth-order valence-corrected chi connectivity index (χ4v) is 5.44. The van der Waals surface area contributed by atoms with Crippen molar-refractivity contribution in [2.45, 2.75) is 31.2 Å². The van der Waals surface area contributed by atoms with Gasteiger partial charge in [0.05, 0.1) is 4.90 Å². The SMILES string of the molecule is CCc1ccc(N2C(=O)C(O)=C(S(=O)(=O)c3ccccc3)[C@@H]2c2ccc(C)cc2)cc1. The minimum absolute atomic E-state index is 0.0321. The number of anilines is 1. The average Bonchev–Trinajstić information content (AvgIpc) is 3.06. The minimum Gasteiger partial charge on any atom is -0.502 e. The van der Waals surface area contributed by atoms with Gasteiger partial charge in [-0.15, -0.1) is 0 Å². The Balaban J connectivity index is 1.92. The van der Waals surface area contributed by atoms with E-state index in [1.54, 1.807) is 42.5 Å². The van der Waals surface area contributed by atoms with E-state index in [4.69, 9.17) is 0 Å². The summed E-state index contributed by atoms with van der Waals surface area (Å²) in [5, 5.41) is 10.8. The molecule has 0 saturated carbocycles. The third-order valence-corrected chi connectivity index (χ3v) is 7.41. The van der Waals surface area contributed by atoms with Gasteiger partial charge in [-0.05, 0) is 48.7 Å². The lowest BCUT2D eigenvalue weighted by Crippen LogP contribution is -2.31. The van der Waals surface area contributed by atoms with Crippen LogP contribution in [0.15, 0.2) is 94.4 Å². The van der Waals surface area contributed by atoms with Gasteiger partial charge in [-0.1, -0.05) is 67.1 Å². The maximum Gasteiger partial charge on any atom is 0.295 e. The first-order chi connectivity index (χ1) is 14.8. The molecule has 0 bridgehead atoms. The monoisotopic (exact) mass is 433 g/mol. The molecule has 6 heteroatoms. The number of nitrogens with zero attached hydrogens (tertiary/aromatic N) is 1. The predicted molar refractivity (Wildman–Crippen MR) is 121 cm³/mol. The van der Waals surface area contributed by atoms with Crippen molar-refractivity contribution in [2.75, 3.05) is 4.90 Å². The number of aliphatic hydroxyl groups is 1. The lowest BCUT2D eigenvalue weighted by molar-refractivity contribution is -0.117. The third kappa shape index (κ3) is 3.64. The summed E-state index contributed by atoms with van der Waals surface area (Å²) in [6.45, 7) is 3.96. The third-order valence-electron chi connectivity index (χ3n) is 5.52. The van der Waals surface area contributed by atoms with Gasteiger partial charge in [0, 0.05) is 5.69 Å². The summed E-state index contributed by atoms with van der Waals surface area (Å²) >= 11 is 0. The fourth-order valence-electron chi connectivity index (χ4n) is 3.79. The molecular weight excluding hydrogens is 410 g/mol. The molecule has 1 amide bonds. The molecule has 158 valence electrons. The molecule has 31 heavy (non-hydrogen) atoms. The lowest BCUT2D eigenvalue weighted by Gasteiger charge is -2.27. The topological polar surface area (TPSA) is 74.7 Å². The maximum absolute atomic E-state index is 13.5. The number of hydrogen-bond acceptors (Lipinski definition) is 4. The second-order valence-corrected chi connectivity index (χ2v) is 9.46. The Labute approximate surface area is 182 Å². The van der Waals surface area contributed by atoms with Gasteiger partial charge >= 0.3 is 0 Å². The number of aliphatic hydroxyl groups excluding tert-OH is 1. The van der Waals surface area contributed by atoms with Gasteiger partial charge in [-0.3, -0.25) is 9.69 Å². The number of sulfone groups is 1. The second-order valence-electron chi connectivity index (χ2n) is 7.54. The number of hydrogen-bond donors (Lipinski definition) is 1. The number of benzene rings is 3. The first-order valence-corrected chi connectivity index (χ1v) is 11.5. The van der Waals surface area contributed by atoms with Crippen molar-refractivity contribution in [2.24, 2.45) is 0 Å². The molecule has 1 aliphatic rings. The Kier molecular flexibility index (Phi) is 5.41. The van der Waals surface area contributed by atoms with Gasteiger partial charge in [0.2, 0.25) is 9.84 Å². The van der Waals surface area contributed by atoms with E-state index in [9.17, 15) is 18.3 Å². The van der Waals surface area contributed by atoms with Crippen LogP contribution in [0.25, 0.3) is 0 Å². The summed E-state index contributed by atoms with van der Waals surface area (Å²) in [7, 11) is -4.11. The summed E-state index contributed by atoms with van der Waals surface area (Å²) in [6.07, 6.45) is 0.840. The Bertz CT molecular complexity index is 1250. The van der Waals surface area contributed by atoms with Crippen molar-refractivity contribution < 1.29 is 18.3 Å². The molecule has 1 N–H and O–H groups in total. The van der Waals surface area contributed by atoms with Crippen LogP contribution in [0.2, 0.25) is 0 Å². The molecule has 1 aliphatic heterocycles. The van der Waals surface area contributed by atoms with E-state index in [0.717, 1.165) is 17.5 Å². The quantitative estimate of drug-likeness (QED) is 0.622. The highest BCUT2D eigenvalue weighted by atomic mass is 32.2.